The molecule has 4 nitrogen and oxygen atoms in total. The van der Waals surface area contributed by atoms with E-state index in [2.05, 4.69) is 26.9 Å². The van der Waals surface area contributed by atoms with Crippen molar-refractivity contribution in [3.63, 3.8) is 0 Å². The van der Waals surface area contributed by atoms with Crippen LogP contribution in [0.1, 0.15) is 31.9 Å². The first-order valence-corrected chi connectivity index (χ1v) is 5.64. The lowest BCUT2D eigenvalue weighted by Crippen LogP contribution is -1.95. The van der Waals surface area contributed by atoms with Crippen molar-refractivity contribution in [1.29, 1.82) is 0 Å². The summed E-state index contributed by atoms with van der Waals surface area (Å²) in [4.78, 5) is 14.5. The van der Waals surface area contributed by atoms with Gasteiger partial charge in [-0.05, 0) is 25.1 Å². The molecule has 0 amide bonds. The van der Waals surface area contributed by atoms with Gasteiger partial charge in [-0.25, -0.2) is 4.98 Å². The fraction of sp³-hybridized carbons (Fsp3) is 0.500. The number of rotatable bonds is 4. The van der Waals surface area contributed by atoms with Crippen LogP contribution in [0.4, 0.5) is 0 Å². The maximum absolute atomic E-state index is 5.05. The number of nitrogens with one attached hydrogen (secondary N) is 2. The Morgan fingerprint density at radius 1 is 1.40 bits per heavy atom. The molecule has 0 spiro atoms. The molecular weight excluding hydrogens is 208 g/mol. The van der Waals surface area contributed by atoms with Crippen LogP contribution in [0.5, 0.6) is 0 Å². The number of H-pyrrole nitrogens is 2. The molecule has 0 fully saturated rings. The highest BCUT2D eigenvalue weighted by atomic mass is 32.1. The predicted molar refractivity (Wildman–Crippen MR) is 62.3 cm³/mol. The van der Waals surface area contributed by atoms with Gasteiger partial charge in [0.25, 0.3) is 0 Å². The van der Waals surface area contributed by atoms with E-state index in [1.165, 1.54) is 19.3 Å². The average Bonchev–Trinajstić information content (AvgIpc) is 2.65. The Labute approximate surface area is 93.2 Å². The Kier molecular flexibility index (Phi) is 3.11. The van der Waals surface area contributed by atoms with Gasteiger partial charge < -0.3 is 9.97 Å². The quantitative estimate of drug-likeness (QED) is 0.617. The monoisotopic (exact) mass is 222 g/mol. The summed E-state index contributed by atoms with van der Waals surface area (Å²) in [6.07, 6.45) is 6.28. The highest BCUT2D eigenvalue weighted by Crippen LogP contribution is 2.13. The van der Waals surface area contributed by atoms with Crippen LogP contribution in [0.15, 0.2) is 6.33 Å². The highest BCUT2D eigenvalue weighted by molar-refractivity contribution is 7.71. The second-order valence-electron chi connectivity index (χ2n) is 3.58. The van der Waals surface area contributed by atoms with Gasteiger partial charge in [0.1, 0.15) is 5.52 Å². The lowest BCUT2D eigenvalue weighted by atomic mass is 10.1. The Bertz CT molecular complexity index is 499. The lowest BCUT2D eigenvalue weighted by Gasteiger charge is -2.01. The second-order valence-corrected chi connectivity index (χ2v) is 3.97. The van der Waals surface area contributed by atoms with Crippen LogP contribution in [0, 0.1) is 4.77 Å². The van der Waals surface area contributed by atoms with Crippen molar-refractivity contribution in [3.05, 3.63) is 16.8 Å². The summed E-state index contributed by atoms with van der Waals surface area (Å²) < 4.78 is 0.515. The van der Waals surface area contributed by atoms with E-state index < -0.39 is 0 Å². The molecule has 0 saturated carbocycles. The van der Waals surface area contributed by atoms with Crippen molar-refractivity contribution in [2.75, 3.05) is 0 Å². The number of aryl methyl sites for hydroxylation is 1. The minimum atomic E-state index is 0.515. The molecule has 0 aliphatic carbocycles. The van der Waals surface area contributed by atoms with Crippen molar-refractivity contribution >= 4 is 23.4 Å². The summed E-state index contributed by atoms with van der Waals surface area (Å²) in [5, 5.41) is 0. The van der Waals surface area contributed by atoms with E-state index in [0.717, 1.165) is 17.6 Å². The van der Waals surface area contributed by atoms with Crippen molar-refractivity contribution in [3.8, 4) is 0 Å². The Balaban J connectivity index is 2.32. The summed E-state index contributed by atoms with van der Waals surface area (Å²) >= 11 is 5.05. The second kappa shape index (κ2) is 4.53. The molecule has 0 radical (unpaired) electrons. The molecule has 2 N–H and O–H groups in total. The van der Waals surface area contributed by atoms with Crippen molar-refractivity contribution in [2.24, 2.45) is 0 Å². The fourth-order valence-corrected chi connectivity index (χ4v) is 1.86. The first-order valence-electron chi connectivity index (χ1n) is 5.23. The predicted octanol–water partition coefficient (Wildman–Crippen LogP) is 2.75. The average molecular weight is 222 g/mol. The zero-order chi connectivity index (χ0) is 10.7. The molecule has 2 rings (SSSR count). The van der Waals surface area contributed by atoms with Gasteiger partial charge in [0, 0.05) is 5.69 Å². The van der Waals surface area contributed by atoms with E-state index in [-0.39, 0.29) is 0 Å². The van der Waals surface area contributed by atoms with Gasteiger partial charge in [0.15, 0.2) is 10.4 Å². The summed E-state index contributed by atoms with van der Waals surface area (Å²) in [6.45, 7) is 2.20. The van der Waals surface area contributed by atoms with Crippen LogP contribution in [0.25, 0.3) is 11.2 Å². The maximum atomic E-state index is 5.05. The standard InChI is InChI=1S/C10H14N4S/c1-2-3-4-5-7-8-9(12-6-11-8)14-10(15)13-7/h6H,2-5H2,1H3,(H2,11,12,13,14,15). The molecule has 0 bridgehead atoms. The van der Waals surface area contributed by atoms with Gasteiger partial charge >= 0.3 is 0 Å². The molecule has 2 aromatic rings. The number of nitrogens with zero attached hydrogens (tertiary/aromatic N) is 2. The Morgan fingerprint density at radius 2 is 2.27 bits per heavy atom. The largest absolute Gasteiger partial charge is 0.342 e. The lowest BCUT2D eigenvalue weighted by molar-refractivity contribution is 0.708. The topological polar surface area (TPSA) is 57.4 Å². The fourth-order valence-electron chi connectivity index (χ4n) is 1.65. The number of aromatic amines is 2. The molecule has 0 atom stereocenters. The van der Waals surface area contributed by atoms with Gasteiger partial charge in [-0.2, -0.15) is 4.98 Å². The molecule has 0 aliphatic rings. The third-order valence-corrected chi connectivity index (χ3v) is 2.61. The molecule has 0 aromatic carbocycles. The smallest absolute Gasteiger partial charge is 0.199 e. The van der Waals surface area contributed by atoms with Gasteiger partial charge in [-0.1, -0.05) is 19.8 Å². The van der Waals surface area contributed by atoms with E-state index in [9.17, 15) is 0 Å². The van der Waals surface area contributed by atoms with Crippen LogP contribution in [-0.2, 0) is 6.42 Å². The van der Waals surface area contributed by atoms with E-state index in [0.29, 0.717) is 10.4 Å². The summed E-state index contributed by atoms with van der Waals surface area (Å²) in [7, 11) is 0. The molecule has 0 unspecified atom stereocenters. The maximum Gasteiger partial charge on any atom is 0.199 e. The molecule has 15 heavy (non-hydrogen) atoms. The molecular formula is C10H14N4S. The Morgan fingerprint density at radius 3 is 3.07 bits per heavy atom. The van der Waals surface area contributed by atoms with Gasteiger partial charge in [0.2, 0.25) is 0 Å². The van der Waals surface area contributed by atoms with Crippen LogP contribution in [0.2, 0.25) is 0 Å². The van der Waals surface area contributed by atoms with Crippen molar-refractivity contribution < 1.29 is 0 Å². The molecule has 80 valence electrons. The molecule has 2 aromatic heterocycles. The summed E-state index contributed by atoms with van der Waals surface area (Å²) in [5.74, 6) is 0. The van der Waals surface area contributed by atoms with Crippen molar-refractivity contribution in [1.82, 2.24) is 19.9 Å². The van der Waals surface area contributed by atoms with Gasteiger partial charge in [0.05, 0.1) is 6.33 Å². The van der Waals surface area contributed by atoms with E-state index >= 15 is 0 Å². The first kappa shape index (κ1) is 10.3. The van der Waals surface area contributed by atoms with E-state index in [1.807, 2.05) is 0 Å². The van der Waals surface area contributed by atoms with Crippen LogP contribution < -0.4 is 0 Å². The number of hydrogen-bond acceptors (Lipinski definition) is 3. The molecule has 2 heterocycles. The van der Waals surface area contributed by atoms with Crippen LogP contribution in [0.3, 0.4) is 0 Å². The van der Waals surface area contributed by atoms with Gasteiger partial charge in [-0.3, -0.25) is 0 Å². The Hall–Kier alpha value is -1.23. The van der Waals surface area contributed by atoms with E-state index in [1.54, 1.807) is 6.33 Å². The number of unbranched alkanes of at least 4 members (excludes halogenated alkanes) is 2. The van der Waals surface area contributed by atoms with E-state index in [4.69, 9.17) is 12.2 Å². The van der Waals surface area contributed by atoms with Crippen molar-refractivity contribution in [2.45, 2.75) is 32.6 Å². The normalized spacial score (nSPS) is 11.0. The molecule has 5 heteroatoms. The van der Waals surface area contributed by atoms with Crippen LogP contribution >= 0.6 is 12.2 Å². The zero-order valence-corrected chi connectivity index (χ0v) is 9.52. The molecule has 0 saturated heterocycles. The third-order valence-electron chi connectivity index (χ3n) is 2.42. The minimum Gasteiger partial charge on any atom is -0.342 e. The number of hydrogen-bond donors (Lipinski definition) is 2. The molecule has 0 aliphatic heterocycles. The van der Waals surface area contributed by atoms with Crippen LogP contribution in [-0.4, -0.2) is 19.9 Å². The highest BCUT2D eigenvalue weighted by Gasteiger charge is 2.04. The number of fused-ring (bicyclic) bond motifs is 1. The number of imidazole rings is 1. The first-order chi connectivity index (χ1) is 7.31. The zero-order valence-electron chi connectivity index (χ0n) is 8.71. The van der Waals surface area contributed by atoms with Gasteiger partial charge in [-0.15, -0.1) is 0 Å². The summed E-state index contributed by atoms with van der Waals surface area (Å²) in [6, 6.07) is 0. The minimum absolute atomic E-state index is 0.515. The SMILES string of the molecule is CCCCCc1[nH]c(=S)nc2nc[nH]c12. The number of aromatic nitrogens is 4. The third kappa shape index (κ3) is 2.23. The summed E-state index contributed by atoms with van der Waals surface area (Å²) in [5.41, 5.74) is 2.82.